The Balaban J connectivity index is 3.01. The Bertz CT molecular complexity index is 504. The zero-order valence-corrected chi connectivity index (χ0v) is 12.3. The molecule has 4 nitrogen and oxygen atoms in total. The Morgan fingerprint density at radius 3 is 2.30 bits per heavy atom. The molecule has 0 aliphatic carbocycles. The molecular formula is C13H19F3N2O2. The van der Waals surface area contributed by atoms with Gasteiger partial charge in [-0.25, -0.2) is 0 Å². The van der Waals surface area contributed by atoms with E-state index in [0.717, 1.165) is 0 Å². The van der Waals surface area contributed by atoms with Gasteiger partial charge in [0, 0.05) is 19.3 Å². The summed E-state index contributed by atoms with van der Waals surface area (Å²) in [7, 11) is 1.57. The Hall–Kier alpha value is -1.37. The van der Waals surface area contributed by atoms with Crippen LogP contribution in [0.4, 0.5) is 13.2 Å². The highest BCUT2D eigenvalue weighted by Gasteiger charge is 2.42. The van der Waals surface area contributed by atoms with Crippen molar-refractivity contribution in [3.63, 3.8) is 0 Å². The van der Waals surface area contributed by atoms with Crippen LogP contribution in [0.5, 0.6) is 0 Å². The molecular weight excluding hydrogens is 273 g/mol. The summed E-state index contributed by atoms with van der Waals surface area (Å²) >= 11 is 0. The Morgan fingerprint density at radius 1 is 1.30 bits per heavy atom. The molecule has 0 bridgehead atoms. The number of aryl methyl sites for hydroxylation is 2. The number of halogens is 3. The van der Waals surface area contributed by atoms with Crippen molar-refractivity contribution in [2.75, 3.05) is 7.11 Å². The van der Waals surface area contributed by atoms with Gasteiger partial charge in [-0.15, -0.1) is 0 Å². The van der Waals surface area contributed by atoms with Crippen molar-refractivity contribution < 1.29 is 22.7 Å². The minimum Gasteiger partial charge on any atom is -0.379 e. The van der Waals surface area contributed by atoms with Crippen LogP contribution in [0.2, 0.25) is 0 Å². The summed E-state index contributed by atoms with van der Waals surface area (Å²) < 4.78 is 44.3. The number of Topliss-reactive ketones (excluding diaryl/α,β-unsaturated/α-hetero) is 1. The number of aromatic nitrogens is 2. The predicted molar refractivity (Wildman–Crippen MR) is 67.8 cm³/mol. The lowest BCUT2D eigenvalue weighted by molar-refractivity contribution is -0.0886. The highest BCUT2D eigenvalue weighted by molar-refractivity contribution is 6.02. The number of carbonyl (C=O) groups excluding carboxylic acids is 1. The van der Waals surface area contributed by atoms with Crippen LogP contribution < -0.4 is 0 Å². The molecule has 0 saturated carbocycles. The van der Waals surface area contributed by atoms with Crippen LogP contribution in [0, 0.1) is 13.8 Å². The molecule has 0 atom stereocenters. The van der Waals surface area contributed by atoms with Crippen LogP contribution in [0.15, 0.2) is 0 Å². The molecule has 0 aromatic carbocycles. The first-order chi connectivity index (χ1) is 8.99. The molecule has 20 heavy (non-hydrogen) atoms. The third-order valence-corrected chi connectivity index (χ3v) is 3.34. The molecule has 0 N–H and O–H groups in total. The van der Waals surface area contributed by atoms with Crippen LogP contribution in [-0.2, 0) is 11.3 Å². The second kappa shape index (κ2) is 5.55. The molecule has 1 aromatic heterocycles. The van der Waals surface area contributed by atoms with E-state index in [-0.39, 0.29) is 17.0 Å². The number of methoxy groups -OCH3 is 1. The summed E-state index contributed by atoms with van der Waals surface area (Å²) in [6.07, 6.45) is -4.31. The van der Waals surface area contributed by atoms with E-state index in [1.165, 1.54) is 18.5 Å². The smallest absolute Gasteiger partial charge is 0.379 e. The lowest BCUT2D eigenvalue weighted by Crippen LogP contribution is -2.25. The standard InChI is InChI=1S/C13H19F3N2O2/c1-8-10(11(19)13(14,15)16)9(2)18(17-8)7-6-12(3,4)20-5/h6-7H2,1-5H3. The normalized spacial score (nSPS) is 12.8. The van der Waals surface area contributed by atoms with E-state index in [1.807, 2.05) is 13.8 Å². The minimum absolute atomic E-state index is 0.0973. The van der Waals surface area contributed by atoms with Crippen molar-refractivity contribution in [3.05, 3.63) is 17.0 Å². The van der Waals surface area contributed by atoms with Gasteiger partial charge in [0.05, 0.1) is 16.9 Å². The van der Waals surface area contributed by atoms with Gasteiger partial charge in [0.25, 0.3) is 5.78 Å². The number of hydrogen-bond donors (Lipinski definition) is 0. The molecule has 0 saturated heterocycles. The third-order valence-electron chi connectivity index (χ3n) is 3.34. The molecule has 1 heterocycles. The van der Waals surface area contributed by atoms with Crippen molar-refractivity contribution in [3.8, 4) is 0 Å². The van der Waals surface area contributed by atoms with Crippen molar-refractivity contribution in [1.29, 1.82) is 0 Å². The first kappa shape index (κ1) is 16.7. The molecule has 1 rings (SSSR count). The zero-order valence-electron chi connectivity index (χ0n) is 12.3. The molecule has 0 fully saturated rings. The highest BCUT2D eigenvalue weighted by Crippen LogP contribution is 2.26. The van der Waals surface area contributed by atoms with Gasteiger partial charge in [-0.05, 0) is 34.1 Å². The summed E-state index contributed by atoms with van der Waals surface area (Å²) in [4.78, 5) is 11.4. The van der Waals surface area contributed by atoms with Crippen LogP contribution in [0.1, 0.15) is 42.0 Å². The van der Waals surface area contributed by atoms with Crippen molar-refractivity contribution >= 4 is 5.78 Å². The minimum atomic E-state index is -4.88. The second-order valence-corrected chi connectivity index (χ2v) is 5.31. The Morgan fingerprint density at radius 2 is 1.85 bits per heavy atom. The molecule has 0 spiro atoms. The van der Waals surface area contributed by atoms with Crippen LogP contribution in [-0.4, -0.2) is 34.5 Å². The van der Waals surface area contributed by atoms with E-state index in [0.29, 0.717) is 13.0 Å². The van der Waals surface area contributed by atoms with Gasteiger partial charge in [0.15, 0.2) is 0 Å². The van der Waals surface area contributed by atoms with Crippen molar-refractivity contribution in [2.24, 2.45) is 0 Å². The van der Waals surface area contributed by atoms with Crippen LogP contribution in [0.3, 0.4) is 0 Å². The third kappa shape index (κ3) is 3.59. The monoisotopic (exact) mass is 292 g/mol. The summed E-state index contributed by atoms with van der Waals surface area (Å²) in [6.45, 7) is 7.02. The summed E-state index contributed by atoms with van der Waals surface area (Å²) in [5.74, 6) is -1.84. The van der Waals surface area contributed by atoms with Gasteiger partial charge in [-0.1, -0.05) is 0 Å². The largest absolute Gasteiger partial charge is 0.455 e. The van der Waals surface area contributed by atoms with Gasteiger partial charge in [0.1, 0.15) is 0 Å². The van der Waals surface area contributed by atoms with E-state index in [4.69, 9.17) is 4.74 Å². The van der Waals surface area contributed by atoms with E-state index >= 15 is 0 Å². The predicted octanol–water partition coefficient (Wildman–Crippen LogP) is 3.06. The molecule has 0 amide bonds. The fourth-order valence-electron chi connectivity index (χ4n) is 1.86. The fourth-order valence-corrected chi connectivity index (χ4v) is 1.86. The lowest BCUT2D eigenvalue weighted by Gasteiger charge is -2.22. The second-order valence-electron chi connectivity index (χ2n) is 5.31. The Kier molecular flexibility index (Phi) is 4.63. The summed E-state index contributed by atoms with van der Waals surface area (Å²) in [6, 6.07) is 0. The Labute approximate surface area is 115 Å². The number of hydrogen-bond acceptors (Lipinski definition) is 3. The molecule has 7 heteroatoms. The number of ether oxygens (including phenoxy) is 1. The van der Waals surface area contributed by atoms with Gasteiger partial charge in [0.2, 0.25) is 0 Å². The SMILES string of the molecule is COC(C)(C)CCn1nc(C)c(C(=O)C(F)(F)F)c1C. The highest BCUT2D eigenvalue weighted by atomic mass is 19.4. The van der Waals surface area contributed by atoms with E-state index in [9.17, 15) is 18.0 Å². The quantitative estimate of drug-likeness (QED) is 0.783. The zero-order chi connectivity index (χ0) is 15.7. The number of rotatable bonds is 5. The molecule has 114 valence electrons. The van der Waals surface area contributed by atoms with Crippen molar-refractivity contribution in [1.82, 2.24) is 9.78 Å². The van der Waals surface area contributed by atoms with Crippen LogP contribution in [0.25, 0.3) is 0 Å². The molecule has 0 aliphatic rings. The maximum absolute atomic E-state index is 12.5. The molecule has 1 aromatic rings. The maximum Gasteiger partial charge on any atom is 0.455 e. The number of nitrogens with zero attached hydrogens (tertiary/aromatic N) is 2. The average Bonchev–Trinajstić information content (AvgIpc) is 2.60. The summed E-state index contributed by atoms with van der Waals surface area (Å²) in [5, 5.41) is 4.02. The first-order valence-corrected chi connectivity index (χ1v) is 6.20. The van der Waals surface area contributed by atoms with Gasteiger partial charge in [-0.2, -0.15) is 18.3 Å². The van der Waals surface area contributed by atoms with E-state index in [2.05, 4.69) is 5.10 Å². The van der Waals surface area contributed by atoms with Gasteiger partial charge in [-0.3, -0.25) is 9.48 Å². The number of carbonyl (C=O) groups is 1. The van der Waals surface area contributed by atoms with Gasteiger partial charge < -0.3 is 4.74 Å². The van der Waals surface area contributed by atoms with Gasteiger partial charge >= 0.3 is 6.18 Å². The molecule has 0 unspecified atom stereocenters. The number of ketones is 1. The van der Waals surface area contributed by atoms with E-state index < -0.39 is 17.6 Å². The van der Waals surface area contributed by atoms with Crippen LogP contribution >= 0.6 is 0 Å². The summed E-state index contributed by atoms with van der Waals surface area (Å²) in [5.41, 5.74) is -0.426. The lowest BCUT2D eigenvalue weighted by atomic mass is 10.1. The average molecular weight is 292 g/mol. The van der Waals surface area contributed by atoms with Crippen molar-refractivity contribution in [2.45, 2.75) is 52.4 Å². The first-order valence-electron chi connectivity index (χ1n) is 6.20. The molecule has 0 aliphatic heterocycles. The molecule has 0 radical (unpaired) electrons. The number of alkyl halides is 3. The maximum atomic E-state index is 12.5. The fraction of sp³-hybridized carbons (Fsp3) is 0.692. The van der Waals surface area contributed by atoms with E-state index in [1.54, 1.807) is 7.11 Å². The topological polar surface area (TPSA) is 44.1 Å².